The topological polar surface area (TPSA) is 112 Å². The molecule has 3 aromatic rings. The molecule has 0 spiro atoms. The van der Waals surface area contributed by atoms with Crippen molar-refractivity contribution in [2.75, 3.05) is 30.5 Å². The fraction of sp³-hybridized carbons (Fsp3) is 0.409. The molecule has 14 heteroatoms. The maximum Gasteiger partial charge on any atom is 0.417 e. The maximum atomic E-state index is 13.4. The van der Waals surface area contributed by atoms with E-state index in [0.29, 0.717) is 36.7 Å². The van der Waals surface area contributed by atoms with Gasteiger partial charge in [0, 0.05) is 23.3 Å². The van der Waals surface area contributed by atoms with Gasteiger partial charge in [-0.2, -0.15) is 22.5 Å². The highest BCUT2D eigenvalue weighted by Crippen LogP contribution is 2.38. The van der Waals surface area contributed by atoms with Crippen LogP contribution in [0.5, 0.6) is 5.75 Å². The van der Waals surface area contributed by atoms with Crippen molar-refractivity contribution in [3.05, 3.63) is 36.2 Å². The smallest absolute Gasteiger partial charge is 0.417 e. The number of nitrogens with one attached hydrogen (secondary N) is 1. The molecule has 1 aliphatic heterocycles. The molecule has 4 heterocycles. The van der Waals surface area contributed by atoms with E-state index < -0.39 is 23.4 Å². The molecule has 0 bridgehead atoms. The number of alkyl halides is 3. The summed E-state index contributed by atoms with van der Waals surface area (Å²) in [5.41, 5.74) is -1.59. The Labute approximate surface area is 208 Å². The van der Waals surface area contributed by atoms with Crippen LogP contribution in [-0.4, -0.2) is 57.4 Å². The first-order valence-corrected chi connectivity index (χ1v) is 11.5. The van der Waals surface area contributed by atoms with E-state index in [2.05, 4.69) is 24.6 Å². The predicted octanol–water partition coefficient (Wildman–Crippen LogP) is 4.91. The molecule has 10 nitrogen and oxygen atoms in total. The number of methoxy groups -OCH3 is 1. The van der Waals surface area contributed by atoms with E-state index in [4.69, 9.17) is 14.2 Å². The average Bonchev–Trinajstić information content (AvgIpc) is 3.24. The summed E-state index contributed by atoms with van der Waals surface area (Å²) < 4.78 is 60.2. The number of carbonyl (C=O) groups excluding carboxylic acids is 1. The van der Waals surface area contributed by atoms with Crippen LogP contribution in [0, 0.1) is 0 Å². The van der Waals surface area contributed by atoms with E-state index in [0.717, 1.165) is 29.6 Å². The SMILES string of the molecule is COC(=O)N(c1cc(C(F)(F)F)cnc1Nc1nc(-c2ccc(OC3COC3)cn2)ns1)C(C)(C)C. The second-order valence-electron chi connectivity index (χ2n) is 8.77. The highest BCUT2D eigenvalue weighted by atomic mass is 32.1. The highest BCUT2D eigenvalue weighted by molar-refractivity contribution is 7.09. The van der Waals surface area contributed by atoms with Crippen molar-refractivity contribution in [3.8, 4) is 17.3 Å². The molecule has 1 aliphatic rings. The first-order chi connectivity index (χ1) is 17.0. The molecule has 1 saturated heterocycles. The zero-order valence-corrected chi connectivity index (χ0v) is 20.6. The third kappa shape index (κ3) is 5.65. The van der Waals surface area contributed by atoms with Gasteiger partial charge in [0.15, 0.2) is 11.6 Å². The minimum atomic E-state index is -4.66. The number of pyridine rings is 2. The van der Waals surface area contributed by atoms with Crippen LogP contribution < -0.4 is 15.0 Å². The summed E-state index contributed by atoms with van der Waals surface area (Å²) in [6, 6.07) is 4.27. The normalized spacial score (nSPS) is 14.2. The Balaban J connectivity index is 1.62. The lowest BCUT2D eigenvalue weighted by atomic mass is 10.1. The first kappa shape index (κ1) is 25.6. The number of amides is 1. The first-order valence-electron chi connectivity index (χ1n) is 10.7. The van der Waals surface area contributed by atoms with Crippen molar-refractivity contribution in [2.24, 2.45) is 0 Å². The van der Waals surface area contributed by atoms with Crippen LogP contribution in [0.15, 0.2) is 30.6 Å². The molecule has 0 aromatic carbocycles. The van der Waals surface area contributed by atoms with Gasteiger partial charge in [-0.25, -0.2) is 14.8 Å². The molecule has 1 fully saturated rings. The number of halogens is 3. The molecule has 0 radical (unpaired) electrons. The van der Waals surface area contributed by atoms with Crippen molar-refractivity contribution >= 4 is 34.3 Å². The number of hydrogen-bond acceptors (Lipinski definition) is 10. The van der Waals surface area contributed by atoms with Crippen molar-refractivity contribution in [1.29, 1.82) is 0 Å². The van der Waals surface area contributed by atoms with Gasteiger partial charge in [0.05, 0.1) is 37.8 Å². The number of carbonyl (C=O) groups is 1. The summed E-state index contributed by atoms with van der Waals surface area (Å²) in [5, 5.41) is 3.12. The minimum Gasteiger partial charge on any atom is -0.484 e. The van der Waals surface area contributed by atoms with Crippen LogP contribution in [-0.2, 0) is 15.7 Å². The van der Waals surface area contributed by atoms with Crippen molar-refractivity contribution in [1.82, 2.24) is 19.3 Å². The van der Waals surface area contributed by atoms with Crippen LogP contribution >= 0.6 is 11.5 Å². The van der Waals surface area contributed by atoms with Gasteiger partial charge < -0.3 is 19.5 Å². The number of rotatable bonds is 6. The van der Waals surface area contributed by atoms with Crippen molar-refractivity contribution < 1.29 is 32.2 Å². The number of ether oxygens (including phenoxy) is 3. The van der Waals surface area contributed by atoms with E-state index in [-0.39, 0.29) is 22.7 Å². The van der Waals surface area contributed by atoms with Gasteiger partial charge in [-0.3, -0.25) is 4.90 Å². The second kappa shape index (κ2) is 9.85. The van der Waals surface area contributed by atoms with Crippen molar-refractivity contribution in [2.45, 2.75) is 38.6 Å². The molecule has 0 saturated carbocycles. The van der Waals surface area contributed by atoms with E-state index >= 15 is 0 Å². The van der Waals surface area contributed by atoms with Gasteiger partial charge in [-0.15, -0.1) is 0 Å². The Morgan fingerprint density at radius 3 is 2.50 bits per heavy atom. The monoisotopic (exact) mass is 524 g/mol. The van der Waals surface area contributed by atoms with Gasteiger partial charge >= 0.3 is 12.3 Å². The summed E-state index contributed by atoms with van der Waals surface area (Å²) in [6.45, 7) is 6.05. The Morgan fingerprint density at radius 2 is 1.94 bits per heavy atom. The summed E-state index contributed by atoms with van der Waals surface area (Å²) in [5.74, 6) is 0.866. The summed E-state index contributed by atoms with van der Waals surface area (Å²) in [4.78, 5) is 26.3. The molecule has 36 heavy (non-hydrogen) atoms. The Morgan fingerprint density at radius 1 is 1.19 bits per heavy atom. The summed E-state index contributed by atoms with van der Waals surface area (Å²) >= 11 is 0.962. The summed E-state index contributed by atoms with van der Waals surface area (Å²) in [7, 11) is 1.15. The van der Waals surface area contributed by atoms with E-state index in [1.54, 1.807) is 39.1 Å². The average molecular weight is 525 g/mol. The van der Waals surface area contributed by atoms with Gasteiger partial charge in [0.25, 0.3) is 0 Å². The zero-order chi connectivity index (χ0) is 26.1. The van der Waals surface area contributed by atoms with Gasteiger partial charge in [-0.05, 0) is 39.0 Å². The highest BCUT2D eigenvalue weighted by Gasteiger charge is 2.36. The second-order valence-corrected chi connectivity index (χ2v) is 9.52. The van der Waals surface area contributed by atoms with Crippen LogP contribution in [0.2, 0.25) is 0 Å². The zero-order valence-electron chi connectivity index (χ0n) is 19.8. The molecule has 0 aliphatic carbocycles. The Hall–Kier alpha value is -3.52. The number of nitrogens with zero attached hydrogens (tertiary/aromatic N) is 5. The van der Waals surface area contributed by atoms with Crippen molar-refractivity contribution in [3.63, 3.8) is 0 Å². The number of anilines is 3. The minimum absolute atomic E-state index is 0.00827. The summed E-state index contributed by atoms with van der Waals surface area (Å²) in [6.07, 6.45) is -3.27. The van der Waals surface area contributed by atoms with Crippen LogP contribution in [0.25, 0.3) is 11.5 Å². The van der Waals surface area contributed by atoms with E-state index in [1.165, 1.54) is 0 Å². The third-order valence-corrected chi connectivity index (χ3v) is 5.62. The third-order valence-electron chi connectivity index (χ3n) is 4.99. The maximum absolute atomic E-state index is 13.4. The Kier molecular flexibility index (Phi) is 7.00. The molecule has 192 valence electrons. The molecule has 4 rings (SSSR count). The fourth-order valence-corrected chi connectivity index (χ4v) is 3.81. The molecular formula is C22H23F3N6O4S. The molecule has 1 N–H and O–H groups in total. The lowest BCUT2D eigenvalue weighted by molar-refractivity contribution is -0.137. The lowest BCUT2D eigenvalue weighted by Gasteiger charge is -2.35. The van der Waals surface area contributed by atoms with Crippen LogP contribution in [0.1, 0.15) is 26.3 Å². The van der Waals surface area contributed by atoms with Gasteiger partial charge in [0.2, 0.25) is 5.13 Å². The fourth-order valence-electron chi connectivity index (χ4n) is 3.24. The molecule has 1 amide bonds. The lowest BCUT2D eigenvalue weighted by Crippen LogP contribution is -2.46. The Bertz CT molecular complexity index is 1230. The van der Waals surface area contributed by atoms with E-state index in [1.807, 2.05) is 0 Å². The van der Waals surface area contributed by atoms with Gasteiger partial charge in [-0.1, -0.05) is 0 Å². The predicted molar refractivity (Wildman–Crippen MR) is 126 cm³/mol. The molecular weight excluding hydrogens is 501 g/mol. The quantitative estimate of drug-likeness (QED) is 0.481. The molecule has 0 atom stereocenters. The number of aromatic nitrogens is 4. The van der Waals surface area contributed by atoms with E-state index in [9.17, 15) is 18.0 Å². The van der Waals surface area contributed by atoms with Crippen LogP contribution in [0.4, 0.5) is 34.6 Å². The van der Waals surface area contributed by atoms with Gasteiger partial charge in [0.1, 0.15) is 17.5 Å². The van der Waals surface area contributed by atoms with Crippen LogP contribution in [0.3, 0.4) is 0 Å². The molecule has 0 unspecified atom stereocenters. The standard InChI is InChI=1S/C22H23F3N6O4S/c1-21(2,3)31(20(32)33-4)16-7-12(22(23,24)25)8-27-18(16)29-19-28-17(30-36-19)15-6-5-13(9-26-15)35-14-10-34-11-14/h5-9,14H,10-11H2,1-4H3,(H,27,28,29,30). The largest absolute Gasteiger partial charge is 0.484 e. The number of hydrogen-bond donors (Lipinski definition) is 1. The molecule has 3 aromatic heterocycles.